The average molecular weight is 284 g/mol. The van der Waals surface area contributed by atoms with E-state index in [0.29, 0.717) is 29.4 Å². The first kappa shape index (κ1) is 16.0. The second-order valence-corrected chi connectivity index (χ2v) is 5.22. The molecular formula is C13H24N4OS. The molecule has 0 aliphatic rings. The Hall–Kier alpha value is -1.01. The summed E-state index contributed by atoms with van der Waals surface area (Å²) in [6.07, 6.45) is 6.73. The number of hydrogen-bond acceptors (Lipinski definition) is 6. The fourth-order valence-electron chi connectivity index (χ4n) is 1.74. The summed E-state index contributed by atoms with van der Waals surface area (Å²) in [7, 11) is 0. The van der Waals surface area contributed by atoms with E-state index in [1.165, 1.54) is 31.0 Å². The van der Waals surface area contributed by atoms with Crippen LogP contribution in [0.2, 0.25) is 0 Å². The number of thioether (sulfide) groups is 1. The first-order chi connectivity index (χ1) is 9.23. The van der Waals surface area contributed by atoms with Gasteiger partial charge in [-0.2, -0.15) is 4.98 Å². The Morgan fingerprint density at radius 3 is 2.79 bits per heavy atom. The van der Waals surface area contributed by atoms with Crippen LogP contribution in [0.25, 0.3) is 0 Å². The van der Waals surface area contributed by atoms with Gasteiger partial charge in [0.15, 0.2) is 5.16 Å². The number of ether oxygens (including phenoxy) is 1. The molecule has 6 heteroatoms. The summed E-state index contributed by atoms with van der Waals surface area (Å²) >= 11 is 1.47. The van der Waals surface area contributed by atoms with E-state index in [1.807, 2.05) is 6.26 Å². The summed E-state index contributed by atoms with van der Waals surface area (Å²) < 4.78 is 5.78. The molecular weight excluding hydrogens is 260 g/mol. The van der Waals surface area contributed by atoms with Crippen molar-refractivity contribution in [1.82, 2.24) is 9.97 Å². The Bertz CT molecular complexity index is 353. The summed E-state index contributed by atoms with van der Waals surface area (Å²) in [5.41, 5.74) is 2.53. The molecule has 0 amide bonds. The SMILES string of the molecule is CCCCC(CC)COc1cc(NN)nc(SC)n1. The molecule has 0 saturated heterocycles. The Morgan fingerprint density at radius 2 is 2.21 bits per heavy atom. The van der Waals surface area contributed by atoms with Gasteiger partial charge in [-0.3, -0.25) is 0 Å². The summed E-state index contributed by atoms with van der Waals surface area (Å²) in [6.45, 7) is 5.11. The molecule has 0 aliphatic heterocycles. The van der Waals surface area contributed by atoms with Crippen LogP contribution in [0.4, 0.5) is 5.82 Å². The summed E-state index contributed by atoms with van der Waals surface area (Å²) in [5.74, 6) is 7.14. The van der Waals surface area contributed by atoms with E-state index in [2.05, 4.69) is 29.2 Å². The van der Waals surface area contributed by atoms with Crippen molar-refractivity contribution >= 4 is 17.6 Å². The van der Waals surface area contributed by atoms with Crippen molar-refractivity contribution in [3.05, 3.63) is 6.07 Å². The molecule has 0 bridgehead atoms. The van der Waals surface area contributed by atoms with Crippen LogP contribution < -0.4 is 16.0 Å². The summed E-state index contributed by atoms with van der Waals surface area (Å²) in [6, 6.07) is 1.73. The lowest BCUT2D eigenvalue weighted by Gasteiger charge is -2.15. The van der Waals surface area contributed by atoms with Gasteiger partial charge < -0.3 is 10.2 Å². The molecule has 0 saturated carbocycles. The molecule has 0 aromatic carbocycles. The molecule has 0 aliphatic carbocycles. The maximum Gasteiger partial charge on any atom is 0.219 e. The molecule has 19 heavy (non-hydrogen) atoms. The highest BCUT2D eigenvalue weighted by molar-refractivity contribution is 7.98. The van der Waals surface area contributed by atoms with Crippen LogP contribution in [0.5, 0.6) is 5.88 Å². The Labute approximate surface area is 119 Å². The monoisotopic (exact) mass is 284 g/mol. The van der Waals surface area contributed by atoms with Crippen LogP contribution in [0.1, 0.15) is 39.5 Å². The van der Waals surface area contributed by atoms with E-state index in [1.54, 1.807) is 6.07 Å². The number of hydrogen-bond donors (Lipinski definition) is 2. The fourth-order valence-corrected chi connectivity index (χ4v) is 2.12. The third kappa shape index (κ3) is 5.65. The number of nitrogens with zero attached hydrogens (tertiary/aromatic N) is 2. The van der Waals surface area contributed by atoms with Crippen LogP contribution in [0.15, 0.2) is 11.2 Å². The number of hydrazine groups is 1. The average Bonchev–Trinajstić information content (AvgIpc) is 2.47. The highest BCUT2D eigenvalue weighted by Crippen LogP contribution is 2.20. The minimum absolute atomic E-state index is 0.580. The van der Waals surface area contributed by atoms with Gasteiger partial charge in [0, 0.05) is 6.07 Å². The molecule has 1 aromatic heterocycles. The molecule has 1 heterocycles. The lowest BCUT2D eigenvalue weighted by molar-refractivity contribution is 0.224. The molecule has 108 valence electrons. The second-order valence-electron chi connectivity index (χ2n) is 4.45. The Balaban J connectivity index is 2.60. The maximum atomic E-state index is 5.78. The van der Waals surface area contributed by atoms with E-state index >= 15 is 0 Å². The van der Waals surface area contributed by atoms with Gasteiger partial charge in [0.25, 0.3) is 0 Å². The highest BCUT2D eigenvalue weighted by Gasteiger charge is 2.09. The highest BCUT2D eigenvalue weighted by atomic mass is 32.2. The molecule has 0 radical (unpaired) electrons. The van der Waals surface area contributed by atoms with Gasteiger partial charge >= 0.3 is 0 Å². The van der Waals surface area contributed by atoms with Crippen LogP contribution in [0.3, 0.4) is 0 Å². The number of rotatable bonds is 9. The van der Waals surface area contributed by atoms with Gasteiger partial charge in [-0.25, -0.2) is 10.8 Å². The third-order valence-corrected chi connectivity index (χ3v) is 3.57. The predicted octanol–water partition coefficient (Wildman–Crippen LogP) is 3.08. The molecule has 0 fully saturated rings. The van der Waals surface area contributed by atoms with Crippen LogP contribution >= 0.6 is 11.8 Å². The van der Waals surface area contributed by atoms with Gasteiger partial charge in [0.2, 0.25) is 5.88 Å². The van der Waals surface area contributed by atoms with E-state index in [0.717, 1.165) is 6.42 Å². The van der Waals surface area contributed by atoms with Crippen molar-refractivity contribution in [3.8, 4) is 5.88 Å². The molecule has 1 unspecified atom stereocenters. The first-order valence-corrected chi connectivity index (χ1v) is 7.98. The van der Waals surface area contributed by atoms with E-state index in [4.69, 9.17) is 10.6 Å². The number of anilines is 1. The van der Waals surface area contributed by atoms with E-state index < -0.39 is 0 Å². The quantitative estimate of drug-likeness (QED) is 0.314. The van der Waals surface area contributed by atoms with Crippen molar-refractivity contribution < 1.29 is 4.74 Å². The molecule has 1 aromatic rings. The standard InChI is InChI=1S/C13H24N4OS/c1-4-6-7-10(5-2)9-18-12-8-11(17-14)15-13(16-12)19-3/h8,10H,4-7,9,14H2,1-3H3,(H,15,16,17). The molecule has 3 N–H and O–H groups in total. The smallest absolute Gasteiger partial charge is 0.219 e. The van der Waals surface area contributed by atoms with Crippen molar-refractivity contribution in [2.24, 2.45) is 11.8 Å². The van der Waals surface area contributed by atoms with Crippen LogP contribution in [-0.2, 0) is 0 Å². The van der Waals surface area contributed by atoms with Crippen molar-refractivity contribution in [3.63, 3.8) is 0 Å². The number of unbranched alkanes of at least 4 members (excludes halogenated alkanes) is 1. The van der Waals surface area contributed by atoms with Crippen molar-refractivity contribution in [2.45, 2.75) is 44.7 Å². The zero-order valence-electron chi connectivity index (χ0n) is 12.0. The zero-order chi connectivity index (χ0) is 14.1. The lowest BCUT2D eigenvalue weighted by atomic mass is 10.0. The number of nitrogens with one attached hydrogen (secondary N) is 1. The van der Waals surface area contributed by atoms with Gasteiger partial charge in [0.05, 0.1) is 6.61 Å². The third-order valence-electron chi connectivity index (χ3n) is 3.02. The minimum atomic E-state index is 0.580. The number of aromatic nitrogens is 2. The largest absolute Gasteiger partial charge is 0.477 e. The van der Waals surface area contributed by atoms with Gasteiger partial charge in [-0.1, -0.05) is 44.9 Å². The summed E-state index contributed by atoms with van der Waals surface area (Å²) in [4.78, 5) is 8.52. The lowest BCUT2D eigenvalue weighted by Crippen LogP contribution is -2.14. The van der Waals surface area contributed by atoms with Crippen LogP contribution in [0, 0.1) is 5.92 Å². The fraction of sp³-hybridized carbons (Fsp3) is 0.692. The van der Waals surface area contributed by atoms with Gasteiger partial charge in [-0.05, 0) is 18.6 Å². The van der Waals surface area contributed by atoms with Gasteiger partial charge in [0.1, 0.15) is 5.82 Å². The topological polar surface area (TPSA) is 73.1 Å². The van der Waals surface area contributed by atoms with E-state index in [9.17, 15) is 0 Å². The maximum absolute atomic E-state index is 5.78. The molecule has 5 nitrogen and oxygen atoms in total. The van der Waals surface area contributed by atoms with Crippen molar-refractivity contribution in [1.29, 1.82) is 0 Å². The van der Waals surface area contributed by atoms with E-state index in [-0.39, 0.29) is 0 Å². The zero-order valence-corrected chi connectivity index (χ0v) is 12.8. The normalized spacial score (nSPS) is 12.2. The number of nitrogen functional groups attached to an aromatic ring is 1. The Morgan fingerprint density at radius 1 is 1.42 bits per heavy atom. The summed E-state index contributed by atoms with van der Waals surface area (Å²) in [5, 5.41) is 0.659. The van der Waals surface area contributed by atoms with Crippen LogP contribution in [-0.4, -0.2) is 22.8 Å². The minimum Gasteiger partial charge on any atom is -0.477 e. The van der Waals surface area contributed by atoms with Gasteiger partial charge in [-0.15, -0.1) is 0 Å². The molecule has 0 spiro atoms. The van der Waals surface area contributed by atoms with Crippen molar-refractivity contribution in [2.75, 3.05) is 18.3 Å². The first-order valence-electron chi connectivity index (χ1n) is 6.75. The predicted molar refractivity (Wildman–Crippen MR) is 80.4 cm³/mol. The number of nitrogens with two attached hydrogens (primary N) is 1. The Kier molecular flexibility index (Phi) is 7.59. The molecule has 1 rings (SSSR count). The second kappa shape index (κ2) is 8.98. The molecule has 1 atom stereocenters.